The Morgan fingerprint density at radius 1 is 1.15 bits per heavy atom. The Hall–Kier alpha value is -2.64. The minimum absolute atomic E-state index is 0.195. The van der Waals surface area contributed by atoms with Gasteiger partial charge in [-0.2, -0.15) is 4.31 Å². The number of nitrogens with one attached hydrogen (secondary N) is 1. The molecule has 0 unspecified atom stereocenters. The van der Waals surface area contributed by atoms with E-state index in [1.165, 1.54) is 23.5 Å². The summed E-state index contributed by atoms with van der Waals surface area (Å²) in [6, 6.07) is 13.2. The molecule has 2 aromatic rings. The van der Waals surface area contributed by atoms with Gasteiger partial charge in [0.15, 0.2) is 0 Å². The lowest BCUT2D eigenvalue weighted by Crippen LogP contribution is -2.30. The van der Waals surface area contributed by atoms with E-state index in [-0.39, 0.29) is 17.3 Å². The van der Waals surface area contributed by atoms with Crippen molar-refractivity contribution in [3.05, 3.63) is 72.3 Å². The Bertz CT molecular complexity index is 875. The van der Waals surface area contributed by atoms with Crippen LogP contribution in [-0.4, -0.2) is 38.8 Å². The second-order valence-corrected chi connectivity index (χ2v) is 7.74. The van der Waals surface area contributed by atoms with Gasteiger partial charge in [-0.25, -0.2) is 8.42 Å². The van der Waals surface area contributed by atoms with Crippen molar-refractivity contribution in [1.82, 2.24) is 9.62 Å². The summed E-state index contributed by atoms with van der Waals surface area (Å²) >= 11 is 0. The van der Waals surface area contributed by atoms with Crippen LogP contribution >= 0.6 is 0 Å². The second kappa shape index (κ2) is 9.34. The third-order valence-corrected chi connectivity index (χ3v) is 5.97. The fourth-order valence-corrected chi connectivity index (χ4v) is 3.93. The molecule has 0 bridgehead atoms. The molecule has 0 heterocycles. The van der Waals surface area contributed by atoms with Crippen LogP contribution in [0.15, 0.2) is 66.1 Å². The first-order chi connectivity index (χ1) is 12.9. The number of ether oxygens (including phenoxy) is 1. The number of amides is 1. The summed E-state index contributed by atoms with van der Waals surface area (Å²) in [5.74, 6) is 0.405. The second-order valence-electron chi connectivity index (χ2n) is 5.80. The summed E-state index contributed by atoms with van der Waals surface area (Å²) in [5, 5.41) is 2.70. The Morgan fingerprint density at radius 3 is 2.30 bits per heavy atom. The molecule has 0 aliphatic carbocycles. The van der Waals surface area contributed by atoms with Crippen LogP contribution in [0.5, 0.6) is 5.75 Å². The van der Waals surface area contributed by atoms with Crippen molar-refractivity contribution in [2.75, 3.05) is 20.2 Å². The molecular formula is C20H24N2O4S. The molecule has 0 atom stereocenters. The highest BCUT2D eigenvalue weighted by molar-refractivity contribution is 7.89. The Balaban J connectivity index is 2.15. The van der Waals surface area contributed by atoms with Crippen molar-refractivity contribution in [2.45, 2.75) is 18.4 Å². The minimum atomic E-state index is -3.63. The van der Waals surface area contributed by atoms with Crippen molar-refractivity contribution in [3.8, 4) is 5.75 Å². The molecule has 0 aromatic heterocycles. The van der Waals surface area contributed by atoms with Crippen molar-refractivity contribution < 1.29 is 17.9 Å². The lowest BCUT2D eigenvalue weighted by Gasteiger charge is -2.21. The number of hydrogen-bond donors (Lipinski definition) is 1. The fraction of sp³-hybridized carbons (Fsp3) is 0.250. The minimum Gasteiger partial charge on any atom is -0.497 e. The number of rotatable bonds is 9. The zero-order chi connectivity index (χ0) is 19.9. The Labute approximate surface area is 160 Å². The van der Waals surface area contributed by atoms with Gasteiger partial charge in [0.2, 0.25) is 10.0 Å². The van der Waals surface area contributed by atoms with Crippen molar-refractivity contribution >= 4 is 15.9 Å². The van der Waals surface area contributed by atoms with Gasteiger partial charge in [0.25, 0.3) is 5.91 Å². The summed E-state index contributed by atoms with van der Waals surface area (Å²) in [6.07, 6.45) is 1.61. The molecule has 0 saturated carbocycles. The summed E-state index contributed by atoms with van der Waals surface area (Å²) < 4.78 is 32.2. The number of nitrogens with zero attached hydrogens (tertiary/aromatic N) is 1. The predicted octanol–water partition coefficient (Wildman–Crippen LogP) is 2.82. The van der Waals surface area contributed by atoms with Gasteiger partial charge in [0.05, 0.1) is 12.0 Å². The van der Waals surface area contributed by atoms with E-state index in [1.807, 2.05) is 0 Å². The zero-order valence-electron chi connectivity index (χ0n) is 15.5. The van der Waals surface area contributed by atoms with Crippen molar-refractivity contribution in [1.29, 1.82) is 0 Å². The summed E-state index contributed by atoms with van der Waals surface area (Å²) in [6.45, 7) is 6.29. The van der Waals surface area contributed by atoms with Gasteiger partial charge in [-0.1, -0.05) is 25.1 Å². The van der Waals surface area contributed by atoms with E-state index in [4.69, 9.17) is 4.74 Å². The summed E-state index contributed by atoms with van der Waals surface area (Å²) in [4.78, 5) is 12.1. The van der Waals surface area contributed by atoms with Gasteiger partial charge in [-0.3, -0.25) is 4.79 Å². The van der Waals surface area contributed by atoms with E-state index >= 15 is 0 Å². The monoisotopic (exact) mass is 388 g/mol. The first-order valence-electron chi connectivity index (χ1n) is 8.54. The van der Waals surface area contributed by atoms with Crippen LogP contribution in [0, 0.1) is 0 Å². The molecule has 2 rings (SSSR count). The molecule has 0 aliphatic rings. The van der Waals surface area contributed by atoms with Gasteiger partial charge in [0.1, 0.15) is 5.75 Å². The Kier molecular flexibility index (Phi) is 7.15. The number of hydrogen-bond acceptors (Lipinski definition) is 4. The van der Waals surface area contributed by atoms with Crippen molar-refractivity contribution in [3.63, 3.8) is 0 Å². The number of carbonyl (C=O) groups is 1. The van der Waals surface area contributed by atoms with E-state index in [9.17, 15) is 13.2 Å². The molecule has 7 heteroatoms. The largest absolute Gasteiger partial charge is 0.497 e. The molecule has 2 aromatic carbocycles. The highest BCUT2D eigenvalue weighted by Crippen LogP contribution is 2.21. The molecule has 144 valence electrons. The van der Waals surface area contributed by atoms with Crippen LogP contribution in [0.2, 0.25) is 0 Å². The van der Waals surface area contributed by atoms with E-state index in [2.05, 4.69) is 11.9 Å². The first-order valence-corrected chi connectivity index (χ1v) is 9.98. The molecule has 6 nitrogen and oxygen atoms in total. The smallest absolute Gasteiger partial charge is 0.251 e. The number of benzene rings is 2. The fourth-order valence-electron chi connectivity index (χ4n) is 2.50. The van der Waals surface area contributed by atoms with E-state index < -0.39 is 10.0 Å². The molecule has 0 saturated heterocycles. The van der Waals surface area contributed by atoms with Gasteiger partial charge in [-0.05, 0) is 42.0 Å². The van der Waals surface area contributed by atoms with Crippen LogP contribution in [0.3, 0.4) is 0 Å². The molecule has 0 aliphatic heterocycles. The average molecular weight is 388 g/mol. The summed E-state index contributed by atoms with van der Waals surface area (Å²) in [5.41, 5.74) is 1.32. The van der Waals surface area contributed by atoms with E-state index in [1.54, 1.807) is 49.4 Å². The van der Waals surface area contributed by atoms with Crippen LogP contribution in [0.25, 0.3) is 0 Å². The number of sulfonamides is 1. The highest BCUT2D eigenvalue weighted by Gasteiger charge is 2.23. The lowest BCUT2D eigenvalue weighted by atomic mass is 10.1. The molecule has 1 amide bonds. The van der Waals surface area contributed by atoms with Crippen molar-refractivity contribution in [2.24, 2.45) is 0 Å². The van der Waals surface area contributed by atoms with Crippen LogP contribution < -0.4 is 10.1 Å². The van der Waals surface area contributed by atoms with Gasteiger partial charge in [-0.15, -0.1) is 6.58 Å². The molecule has 0 radical (unpaired) electrons. The molecular weight excluding hydrogens is 364 g/mol. The topological polar surface area (TPSA) is 75.7 Å². The Morgan fingerprint density at radius 2 is 1.78 bits per heavy atom. The molecule has 27 heavy (non-hydrogen) atoms. The highest BCUT2D eigenvalue weighted by atomic mass is 32.2. The normalized spacial score (nSPS) is 11.2. The zero-order valence-corrected chi connectivity index (χ0v) is 16.3. The predicted molar refractivity (Wildman–Crippen MR) is 105 cm³/mol. The quantitative estimate of drug-likeness (QED) is 0.670. The maximum atomic E-state index is 12.9. The molecule has 0 fully saturated rings. The van der Waals surface area contributed by atoms with Crippen LogP contribution in [-0.2, 0) is 16.6 Å². The van der Waals surface area contributed by atoms with Gasteiger partial charge >= 0.3 is 0 Å². The van der Waals surface area contributed by atoms with Gasteiger partial charge in [0, 0.05) is 25.2 Å². The standard InChI is InChI=1S/C20H24N2O4S/c1-4-14-21-20(23)17-8-6-16(7-9-17)15-22(5-2)27(24,25)19-12-10-18(26-3)11-13-19/h4,6-13H,1,5,14-15H2,2-3H3,(H,21,23). The SMILES string of the molecule is C=CCNC(=O)c1ccc(CN(CC)S(=O)(=O)c2ccc(OC)cc2)cc1. The first kappa shape index (κ1) is 20.7. The van der Waals surface area contributed by atoms with Crippen LogP contribution in [0.4, 0.5) is 0 Å². The number of carbonyl (C=O) groups excluding carboxylic acids is 1. The maximum absolute atomic E-state index is 12.9. The lowest BCUT2D eigenvalue weighted by molar-refractivity contribution is 0.0958. The van der Waals surface area contributed by atoms with Crippen LogP contribution in [0.1, 0.15) is 22.8 Å². The van der Waals surface area contributed by atoms with E-state index in [0.717, 1.165) is 5.56 Å². The molecule has 0 spiro atoms. The maximum Gasteiger partial charge on any atom is 0.251 e. The number of methoxy groups -OCH3 is 1. The van der Waals surface area contributed by atoms with Gasteiger partial charge < -0.3 is 10.1 Å². The third kappa shape index (κ3) is 5.18. The molecule has 1 N–H and O–H groups in total. The summed E-state index contributed by atoms with van der Waals surface area (Å²) in [7, 11) is -2.09. The third-order valence-electron chi connectivity index (χ3n) is 4.03. The van der Waals surface area contributed by atoms with E-state index in [0.29, 0.717) is 24.4 Å². The average Bonchev–Trinajstić information content (AvgIpc) is 2.70.